The predicted octanol–water partition coefficient (Wildman–Crippen LogP) is 2.96. The molecule has 24 heavy (non-hydrogen) atoms. The fraction of sp³-hybridized carbons (Fsp3) is 0.312. The highest BCUT2D eigenvalue weighted by Crippen LogP contribution is 2.30. The van der Waals surface area contributed by atoms with E-state index in [1.807, 2.05) is 11.9 Å². The van der Waals surface area contributed by atoms with Crippen LogP contribution < -0.4 is 5.32 Å². The molecule has 128 valence electrons. The van der Waals surface area contributed by atoms with Crippen LogP contribution in [0, 0.1) is 0 Å². The molecule has 0 saturated carbocycles. The summed E-state index contributed by atoms with van der Waals surface area (Å²) in [6.45, 7) is 0.978. The molecule has 1 amide bonds. The molecule has 1 aromatic heterocycles. The van der Waals surface area contributed by atoms with Crippen molar-refractivity contribution in [2.24, 2.45) is 0 Å². The molecule has 0 atom stereocenters. The molecule has 0 bridgehead atoms. The smallest absolute Gasteiger partial charge is 0.326 e. The summed E-state index contributed by atoms with van der Waals surface area (Å²) in [5.41, 5.74) is 0.116. The summed E-state index contributed by atoms with van der Waals surface area (Å²) in [5, 5.41) is 2.48. The lowest BCUT2D eigenvalue weighted by Gasteiger charge is -2.15. The molecule has 0 saturated heterocycles. The van der Waals surface area contributed by atoms with E-state index in [1.54, 1.807) is 18.6 Å². The summed E-state index contributed by atoms with van der Waals surface area (Å²) in [7, 11) is 1.83. The first-order valence-electron chi connectivity index (χ1n) is 7.25. The minimum Gasteiger partial charge on any atom is -0.326 e. The Kier molecular flexibility index (Phi) is 5.86. The molecule has 0 fully saturated rings. The number of amides is 1. The van der Waals surface area contributed by atoms with Gasteiger partial charge in [-0.1, -0.05) is 6.07 Å². The van der Waals surface area contributed by atoms with Crippen LogP contribution in [-0.2, 0) is 17.5 Å². The van der Waals surface area contributed by atoms with Crippen LogP contribution in [0.4, 0.5) is 18.9 Å². The van der Waals surface area contributed by atoms with Gasteiger partial charge in [-0.2, -0.15) is 13.2 Å². The number of aromatic nitrogens is 2. The van der Waals surface area contributed by atoms with Crippen LogP contribution in [0.5, 0.6) is 0 Å². The second-order valence-electron chi connectivity index (χ2n) is 5.31. The van der Waals surface area contributed by atoms with E-state index in [4.69, 9.17) is 0 Å². The summed E-state index contributed by atoms with van der Waals surface area (Å²) >= 11 is 0. The summed E-state index contributed by atoms with van der Waals surface area (Å²) < 4.78 is 37.9. The number of halogens is 3. The van der Waals surface area contributed by atoms with Gasteiger partial charge in [-0.3, -0.25) is 19.7 Å². The van der Waals surface area contributed by atoms with E-state index >= 15 is 0 Å². The fourth-order valence-electron chi connectivity index (χ4n) is 2.06. The molecular formula is C16H17F3N4O. The minimum absolute atomic E-state index is 0.131. The first kappa shape index (κ1) is 17.9. The quantitative estimate of drug-likeness (QED) is 0.880. The normalized spacial score (nSPS) is 11.5. The van der Waals surface area contributed by atoms with Crippen LogP contribution in [0.25, 0.3) is 0 Å². The van der Waals surface area contributed by atoms with E-state index in [2.05, 4.69) is 15.3 Å². The van der Waals surface area contributed by atoms with Crippen molar-refractivity contribution in [3.63, 3.8) is 0 Å². The number of hydrogen-bond acceptors (Lipinski definition) is 4. The van der Waals surface area contributed by atoms with Gasteiger partial charge >= 0.3 is 6.18 Å². The van der Waals surface area contributed by atoms with Gasteiger partial charge in [-0.25, -0.2) is 0 Å². The van der Waals surface area contributed by atoms with Gasteiger partial charge in [0.05, 0.1) is 11.3 Å². The standard InChI is InChI=1S/C16H17F3N4O/c1-23(11-14-10-20-6-7-21-14)8-5-15(24)22-13-4-2-3-12(9-13)16(17,18)19/h2-4,6-7,9-10H,5,8,11H2,1H3,(H,22,24). The van der Waals surface area contributed by atoms with Gasteiger partial charge in [0, 0.05) is 43.8 Å². The fourth-order valence-corrected chi connectivity index (χ4v) is 2.06. The number of rotatable bonds is 6. The maximum Gasteiger partial charge on any atom is 0.416 e. The van der Waals surface area contributed by atoms with Crippen LogP contribution >= 0.6 is 0 Å². The number of carbonyl (C=O) groups excluding carboxylic acids is 1. The summed E-state index contributed by atoms with van der Waals surface area (Å²) in [4.78, 5) is 21.9. The molecule has 0 aliphatic heterocycles. The zero-order valence-electron chi connectivity index (χ0n) is 13.0. The number of alkyl halides is 3. The maximum atomic E-state index is 12.6. The molecule has 0 unspecified atom stereocenters. The first-order chi connectivity index (χ1) is 11.3. The molecule has 0 aliphatic rings. The summed E-state index contributed by atoms with van der Waals surface area (Å²) in [6.07, 6.45) is 0.527. The Morgan fingerprint density at radius 1 is 1.29 bits per heavy atom. The van der Waals surface area contributed by atoms with Crippen molar-refractivity contribution in [1.82, 2.24) is 14.9 Å². The Balaban J connectivity index is 1.83. The van der Waals surface area contributed by atoms with Gasteiger partial charge in [0.2, 0.25) is 5.91 Å². The van der Waals surface area contributed by atoms with Gasteiger partial charge in [0.25, 0.3) is 0 Å². The summed E-state index contributed by atoms with van der Waals surface area (Å²) in [5.74, 6) is -0.347. The SMILES string of the molecule is CN(CCC(=O)Nc1cccc(C(F)(F)F)c1)Cc1cnccn1. The van der Waals surface area contributed by atoms with Gasteiger partial charge < -0.3 is 5.32 Å². The monoisotopic (exact) mass is 338 g/mol. The van der Waals surface area contributed by atoms with Crippen LogP contribution in [0.15, 0.2) is 42.9 Å². The largest absolute Gasteiger partial charge is 0.416 e. The second-order valence-corrected chi connectivity index (χ2v) is 5.31. The number of nitrogens with zero attached hydrogens (tertiary/aromatic N) is 3. The molecule has 1 aromatic carbocycles. The van der Waals surface area contributed by atoms with Crippen molar-refractivity contribution in [3.8, 4) is 0 Å². The highest BCUT2D eigenvalue weighted by atomic mass is 19.4. The number of hydrogen-bond donors (Lipinski definition) is 1. The summed E-state index contributed by atoms with van der Waals surface area (Å²) in [6, 6.07) is 4.57. The van der Waals surface area contributed by atoms with Crippen molar-refractivity contribution < 1.29 is 18.0 Å². The maximum absolute atomic E-state index is 12.6. The lowest BCUT2D eigenvalue weighted by atomic mass is 10.2. The average molecular weight is 338 g/mol. The Morgan fingerprint density at radius 2 is 2.08 bits per heavy atom. The molecule has 2 rings (SSSR count). The van der Waals surface area contributed by atoms with Gasteiger partial charge in [-0.15, -0.1) is 0 Å². The molecule has 0 aliphatic carbocycles. The van der Waals surface area contributed by atoms with Gasteiger partial charge in [0.1, 0.15) is 0 Å². The molecule has 0 radical (unpaired) electrons. The van der Waals surface area contributed by atoms with Crippen LogP contribution in [-0.4, -0.2) is 34.4 Å². The highest BCUT2D eigenvalue weighted by molar-refractivity contribution is 5.90. The third kappa shape index (κ3) is 5.62. The van der Waals surface area contributed by atoms with E-state index in [0.29, 0.717) is 13.1 Å². The topological polar surface area (TPSA) is 58.1 Å². The number of anilines is 1. The Hall–Kier alpha value is -2.48. The lowest BCUT2D eigenvalue weighted by Crippen LogP contribution is -2.24. The van der Waals surface area contributed by atoms with Crippen molar-refractivity contribution >= 4 is 11.6 Å². The molecule has 2 aromatic rings. The number of carbonyl (C=O) groups is 1. The Morgan fingerprint density at radius 3 is 2.75 bits per heavy atom. The van der Waals surface area contributed by atoms with Crippen molar-refractivity contribution in [2.75, 3.05) is 18.9 Å². The average Bonchev–Trinajstić information content (AvgIpc) is 2.53. The van der Waals surface area contributed by atoms with E-state index < -0.39 is 11.7 Å². The van der Waals surface area contributed by atoms with Crippen LogP contribution in [0.2, 0.25) is 0 Å². The minimum atomic E-state index is -4.43. The zero-order chi connectivity index (χ0) is 17.6. The van der Waals surface area contributed by atoms with Crippen LogP contribution in [0.3, 0.4) is 0 Å². The lowest BCUT2D eigenvalue weighted by molar-refractivity contribution is -0.137. The number of benzene rings is 1. The third-order valence-electron chi connectivity index (χ3n) is 3.24. The Labute approximate surface area is 137 Å². The molecule has 0 spiro atoms. The van der Waals surface area contributed by atoms with Crippen molar-refractivity contribution in [2.45, 2.75) is 19.1 Å². The van der Waals surface area contributed by atoms with Crippen LogP contribution in [0.1, 0.15) is 17.7 Å². The zero-order valence-corrected chi connectivity index (χ0v) is 13.0. The van der Waals surface area contributed by atoms with Crippen molar-refractivity contribution in [1.29, 1.82) is 0 Å². The number of nitrogens with one attached hydrogen (secondary N) is 1. The second kappa shape index (κ2) is 7.87. The van der Waals surface area contributed by atoms with E-state index in [-0.39, 0.29) is 18.0 Å². The molecule has 1 N–H and O–H groups in total. The molecular weight excluding hydrogens is 321 g/mol. The predicted molar refractivity (Wildman–Crippen MR) is 83.1 cm³/mol. The molecule has 1 heterocycles. The third-order valence-corrected chi connectivity index (χ3v) is 3.24. The van der Waals surface area contributed by atoms with Crippen molar-refractivity contribution in [3.05, 3.63) is 54.1 Å². The molecule has 8 heteroatoms. The van der Waals surface area contributed by atoms with Gasteiger partial charge in [0.15, 0.2) is 0 Å². The first-order valence-corrected chi connectivity index (χ1v) is 7.25. The van der Waals surface area contributed by atoms with E-state index in [9.17, 15) is 18.0 Å². The van der Waals surface area contributed by atoms with E-state index in [1.165, 1.54) is 12.1 Å². The molecule has 5 nitrogen and oxygen atoms in total. The van der Waals surface area contributed by atoms with Gasteiger partial charge in [-0.05, 0) is 25.2 Å². The Bertz CT molecular complexity index is 677. The van der Waals surface area contributed by atoms with E-state index in [0.717, 1.165) is 17.8 Å². The highest BCUT2D eigenvalue weighted by Gasteiger charge is 2.30.